The van der Waals surface area contributed by atoms with E-state index in [4.69, 9.17) is 0 Å². The van der Waals surface area contributed by atoms with E-state index in [9.17, 15) is 13.6 Å². The molecule has 0 amide bonds. The minimum atomic E-state index is -0.361. The van der Waals surface area contributed by atoms with Crippen molar-refractivity contribution in [2.75, 3.05) is 5.32 Å². The van der Waals surface area contributed by atoms with Gasteiger partial charge in [-0.2, -0.15) is 0 Å². The summed E-state index contributed by atoms with van der Waals surface area (Å²) in [4.78, 5) is 21.9. The van der Waals surface area contributed by atoms with E-state index >= 15 is 0 Å². The molecule has 5 rings (SSSR count). The number of benzene rings is 2. The van der Waals surface area contributed by atoms with Crippen molar-refractivity contribution in [3.05, 3.63) is 82.8 Å². The second-order valence-electron chi connectivity index (χ2n) is 7.03. The van der Waals surface area contributed by atoms with Gasteiger partial charge in [0.25, 0.3) is 5.56 Å². The van der Waals surface area contributed by atoms with E-state index in [1.165, 1.54) is 24.3 Å². The fourth-order valence-corrected chi connectivity index (χ4v) is 3.76. The normalized spacial score (nSPS) is 12.7. The Bertz CT molecular complexity index is 1280. The lowest BCUT2D eigenvalue weighted by atomic mass is 10.0. The van der Waals surface area contributed by atoms with Gasteiger partial charge in [0.2, 0.25) is 5.95 Å². The molecule has 8 heteroatoms. The van der Waals surface area contributed by atoms with Crippen molar-refractivity contribution in [3.63, 3.8) is 0 Å². The number of halogens is 2. The molecule has 0 saturated carbocycles. The summed E-state index contributed by atoms with van der Waals surface area (Å²) in [6.07, 6.45) is 2.46. The van der Waals surface area contributed by atoms with Gasteiger partial charge in [-0.05, 0) is 54.4 Å². The van der Waals surface area contributed by atoms with Gasteiger partial charge in [-0.1, -0.05) is 12.1 Å². The Morgan fingerprint density at radius 3 is 2.27 bits per heavy atom. The minimum absolute atomic E-state index is 0.124. The van der Waals surface area contributed by atoms with E-state index in [0.29, 0.717) is 47.2 Å². The molecule has 1 aliphatic rings. The standard InChI is InChI=1S/C22H17F2N5O/c23-15-4-2-14(3-5-15)19-20(28-12-1-13-29(28)21(19)30)18-10-11-25-22(27-18)26-17-8-6-16(24)7-9-17/h2-11H,1,12-13H2,(H,25,26,27). The van der Waals surface area contributed by atoms with E-state index < -0.39 is 0 Å². The predicted octanol–water partition coefficient (Wildman–Crippen LogP) is 4.20. The quantitative estimate of drug-likeness (QED) is 0.553. The van der Waals surface area contributed by atoms with Crippen LogP contribution in [-0.2, 0) is 13.1 Å². The van der Waals surface area contributed by atoms with Crippen LogP contribution in [-0.4, -0.2) is 19.3 Å². The molecule has 1 N–H and O–H groups in total. The molecule has 2 aromatic carbocycles. The first-order chi connectivity index (χ1) is 14.6. The van der Waals surface area contributed by atoms with E-state index in [1.807, 2.05) is 4.68 Å². The predicted molar refractivity (Wildman–Crippen MR) is 109 cm³/mol. The van der Waals surface area contributed by atoms with Crippen molar-refractivity contribution in [1.82, 2.24) is 19.3 Å². The fourth-order valence-electron chi connectivity index (χ4n) is 3.76. The molecular formula is C22H17F2N5O. The zero-order chi connectivity index (χ0) is 20.7. The summed E-state index contributed by atoms with van der Waals surface area (Å²) in [7, 11) is 0. The van der Waals surface area contributed by atoms with Gasteiger partial charge in [-0.3, -0.25) is 9.48 Å². The summed E-state index contributed by atoms with van der Waals surface area (Å²) in [6, 6.07) is 13.5. The molecule has 0 fully saturated rings. The molecule has 3 heterocycles. The van der Waals surface area contributed by atoms with Crippen LogP contribution in [0.5, 0.6) is 0 Å². The summed E-state index contributed by atoms with van der Waals surface area (Å²) in [6.45, 7) is 1.31. The van der Waals surface area contributed by atoms with E-state index in [2.05, 4.69) is 15.3 Å². The molecule has 0 radical (unpaired) electrons. The third kappa shape index (κ3) is 3.16. The van der Waals surface area contributed by atoms with Gasteiger partial charge in [0.1, 0.15) is 11.6 Å². The van der Waals surface area contributed by atoms with Gasteiger partial charge in [0.15, 0.2) is 0 Å². The van der Waals surface area contributed by atoms with Crippen molar-refractivity contribution in [2.45, 2.75) is 19.5 Å². The number of hydrogen-bond donors (Lipinski definition) is 1. The Labute approximate surface area is 170 Å². The Hall–Kier alpha value is -3.81. The molecule has 0 aliphatic carbocycles. The number of nitrogens with one attached hydrogen (secondary N) is 1. The van der Waals surface area contributed by atoms with Crippen LogP contribution in [0, 0.1) is 11.6 Å². The van der Waals surface area contributed by atoms with Crippen LogP contribution in [0.4, 0.5) is 20.4 Å². The summed E-state index contributed by atoms with van der Waals surface area (Å²) < 4.78 is 30.2. The first-order valence-corrected chi connectivity index (χ1v) is 9.56. The third-order valence-electron chi connectivity index (χ3n) is 5.11. The monoisotopic (exact) mass is 405 g/mol. The summed E-state index contributed by atoms with van der Waals surface area (Å²) in [5.41, 5.74) is 2.89. The molecule has 4 aromatic rings. The lowest BCUT2D eigenvalue weighted by Crippen LogP contribution is -2.17. The summed E-state index contributed by atoms with van der Waals surface area (Å²) >= 11 is 0. The molecule has 6 nitrogen and oxygen atoms in total. The molecule has 2 aromatic heterocycles. The first kappa shape index (κ1) is 18.2. The Morgan fingerprint density at radius 1 is 0.867 bits per heavy atom. The molecule has 30 heavy (non-hydrogen) atoms. The van der Waals surface area contributed by atoms with Crippen molar-refractivity contribution in [2.24, 2.45) is 0 Å². The maximum atomic E-state index is 13.4. The Kier molecular flexibility index (Phi) is 4.39. The maximum absolute atomic E-state index is 13.4. The highest BCUT2D eigenvalue weighted by atomic mass is 19.1. The second-order valence-corrected chi connectivity index (χ2v) is 7.03. The maximum Gasteiger partial charge on any atom is 0.275 e. The lowest BCUT2D eigenvalue weighted by Gasteiger charge is -2.10. The van der Waals surface area contributed by atoms with Crippen LogP contribution >= 0.6 is 0 Å². The van der Waals surface area contributed by atoms with Crippen LogP contribution in [0.25, 0.3) is 22.5 Å². The smallest absolute Gasteiger partial charge is 0.275 e. The average Bonchev–Trinajstić information content (AvgIpc) is 3.33. The number of nitrogens with zero attached hydrogens (tertiary/aromatic N) is 4. The van der Waals surface area contributed by atoms with Crippen LogP contribution in [0.2, 0.25) is 0 Å². The molecule has 0 bridgehead atoms. The first-order valence-electron chi connectivity index (χ1n) is 9.56. The van der Waals surface area contributed by atoms with Crippen molar-refractivity contribution < 1.29 is 8.78 Å². The van der Waals surface area contributed by atoms with Crippen LogP contribution < -0.4 is 10.9 Å². The topological polar surface area (TPSA) is 64.7 Å². The van der Waals surface area contributed by atoms with Crippen molar-refractivity contribution in [3.8, 4) is 22.5 Å². The third-order valence-corrected chi connectivity index (χ3v) is 5.11. The molecule has 0 saturated heterocycles. The Balaban J connectivity index is 1.62. The van der Waals surface area contributed by atoms with E-state index in [1.54, 1.807) is 41.2 Å². The zero-order valence-electron chi connectivity index (χ0n) is 15.8. The van der Waals surface area contributed by atoms with Gasteiger partial charge in [0, 0.05) is 25.0 Å². The average molecular weight is 405 g/mol. The van der Waals surface area contributed by atoms with Crippen LogP contribution in [0.1, 0.15) is 6.42 Å². The van der Waals surface area contributed by atoms with Crippen molar-refractivity contribution in [1.29, 1.82) is 0 Å². The Morgan fingerprint density at radius 2 is 1.53 bits per heavy atom. The highest BCUT2D eigenvalue weighted by Gasteiger charge is 2.26. The fraction of sp³-hybridized carbons (Fsp3) is 0.136. The van der Waals surface area contributed by atoms with Gasteiger partial charge in [0.05, 0.1) is 17.0 Å². The molecule has 0 spiro atoms. The largest absolute Gasteiger partial charge is 0.324 e. The van der Waals surface area contributed by atoms with Crippen LogP contribution in [0.15, 0.2) is 65.6 Å². The van der Waals surface area contributed by atoms with Gasteiger partial charge in [-0.25, -0.2) is 23.4 Å². The molecule has 150 valence electrons. The van der Waals surface area contributed by atoms with Gasteiger partial charge >= 0.3 is 0 Å². The minimum Gasteiger partial charge on any atom is -0.324 e. The number of aromatic nitrogens is 4. The summed E-state index contributed by atoms with van der Waals surface area (Å²) in [5.74, 6) is -0.363. The molecule has 0 unspecified atom stereocenters. The molecule has 0 atom stereocenters. The number of fused-ring (bicyclic) bond motifs is 1. The van der Waals surface area contributed by atoms with E-state index in [-0.39, 0.29) is 17.2 Å². The SMILES string of the molecule is O=c1c(-c2ccc(F)cc2)c(-c2ccnc(Nc3ccc(F)cc3)n2)n2n1CCC2. The number of anilines is 2. The number of hydrogen-bond acceptors (Lipinski definition) is 4. The second kappa shape index (κ2) is 7.22. The van der Waals surface area contributed by atoms with Gasteiger partial charge < -0.3 is 5.32 Å². The van der Waals surface area contributed by atoms with Crippen molar-refractivity contribution >= 4 is 11.6 Å². The molecular weight excluding hydrogens is 388 g/mol. The van der Waals surface area contributed by atoms with E-state index in [0.717, 1.165) is 6.42 Å². The summed E-state index contributed by atoms with van der Waals surface area (Å²) in [5, 5.41) is 3.05. The lowest BCUT2D eigenvalue weighted by molar-refractivity contribution is 0.599. The molecule has 1 aliphatic heterocycles. The zero-order valence-corrected chi connectivity index (χ0v) is 15.8. The highest BCUT2D eigenvalue weighted by molar-refractivity contribution is 5.79. The van der Waals surface area contributed by atoms with Crippen LogP contribution in [0.3, 0.4) is 0 Å². The van der Waals surface area contributed by atoms with Gasteiger partial charge in [-0.15, -0.1) is 0 Å². The highest BCUT2D eigenvalue weighted by Crippen LogP contribution is 2.32. The number of rotatable bonds is 4.